The summed E-state index contributed by atoms with van der Waals surface area (Å²) in [4.78, 5) is 10.8. The van der Waals surface area contributed by atoms with Crippen LogP contribution >= 0.6 is 0 Å². The molecular formula is C10H21NO3. The van der Waals surface area contributed by atoms with Crippen LogP contribution in [-0.4, -0.2) is 34.9 Å². The van der Waals surface area contributed by atoms with E-state index in [9.17, 15) is 4.79 Å². The van der Waals surface area contributed by atoms with Gasteiger partial charge in [0, 0.05) is 6.54 Å². The van der Waals surface area contributed by atoms with Crippen molar-refractivity contribution in [3.63, 3.8) is 0 Å². The van der Waals surface area contributed by atoms with E-state index in [0.717, 1.165) is 6.42 Å². The van der Waals surface area contributed by atoms with Crippen molar-refractivity contribution in [1.82, 2.24) is 5.32 Å². The second-order valence-electron chi connectivity index (χ2n) is 4.67. The van der Waals surface area contributed by atoms with Gasteiger partial charge in [-0.05, 0) is 18.8 Å². The molecule has 0 aliphatic heterocycles. The second kappa shape index (κ2) is 4.75. The average molecular weight is 203 g/mol. The van der Waals surface area contributed by atoms with Crippen molar-refractivity contribution >= 4 is 5.97 Å². The Labute approximate surface area is 85.3 Å². The molecule has 0 rings (SSSR count). The zero-order valence-electron chi connectivity index (χ0n) is 9.42. The summed E-state index contributed by atoms with van der Waals surface area (Å²) < 4.78 is 0. The molecule has 0 aromatic heterocycles. The molecule has 0 radical (unpaired) electrons. The minimum Gasteiger partial charge on any atom is -0.480 e. The normalized spacial score (nSPS) is 16.4. The van der Waals surface area contributed by atoms with Crippen LogP contribution in [0.4, 0.5) is 0 Å². The van der Waals surface area contributed by atoms with Crippen molar-refractivity contribution in [2.45, 2.75) is 39.7 Å². The van der Waals surface area contributed by atoms with Crippen LogP contribution in [0, 0.1) is 5.41 Å². The predicted molar refractivity (Wildman–Crippen MR) is 55.2 cm³/mol. The highest BCUT2D eigenvalue weighted by Gasteiger charge is 2.33. The summed E-state index contributed by atoms with van der Waals surface area (Å²) in [6.07, 6.45) is 0.959. The first-order chi connectivity index (χ1) is 6.27. The van der Waals surface area contributed by atoms with Gasteiger partial charge in [-0.15, -0.1) is 0 Å². The van der Waals surface area contributed by atoms with E-state index in [2.05, 4.69) is 26.1 Å². The van der Waals surface area contributed by atoms with Crippen molar-refractivity contribution in [3.05, 3.63) is 0 Å². The van der Waals surface area contributed by atoms with Crippen LogP contribution in [0.2, 0.25) is 0 Å². The van der Waals surface area contributed by atoms with E-state index < -0.39 is 18.1 Å². The highest BCUT2D eigenvalue weighted by atomic mass is 16.4. The topological polar surface area (TPSA) is 69.6 Å². The lowest BCUT2D eigenvalue weighted by Crippen LogP contribution is -2.54. The third kappa shape index (κ3) is 3.64. The molecule has 0 spiro atoms. The van der Waals surface area contributed by atoms with Gasteiger partial charge in [0.1, 0.15) is 5.54 Å². The van der Waals surface area contributed by atoms with Crippen LogP contribution in [0.5, 0.6) is 0 Å². The maximum absolute atomic E-state index is 10.8. The minimum atomic E-state index is -1.23. The van der Waals surface area contributed by atoms with E-state index in [1.807, 2.05) is 0 Å². The summed E-state index contributed by atoms with van der Waals surface area (Å²) in [5.41, 5.74) is -1.18. The largest absolute Gasteiger partial charge is 0.480 e. The minimum absolute atomic E-state index is 0.0475. The zero-order valence-corrected chi connectivity index (χ0v) is 9.42. The van der Waals surface area contributed by atoms with E-state index in [1.165, 1.54) is 6.92 Å². The number of aliphatic hydroxyl groups excluding tert-OH is 1. The fraction of sp³-hybridized carbons (Fsp3) is 0.900. The SMILES string of the molecule is CCC(C)(C)CN[C@@](C)(CO)C(=O)O. The van der Waals surface area contributed by atoms with Gasteiger partial charge in [0.25, 0.3) is 0 Å². The van der Waals surface area contributed by atoms with Gasteiger partial charge in [-0.25, -0.2) is 0 Å². The van der Waals surface area contributed by atoms with E-state index in [-0.39, 0.29) is 5.41 Å². The number of hydrogen-bond acceptors (Lipinski definition) is 3. The molecule has 0 unspecified atom stereocenters. The molecule has 0 fully saturated rings. The zero-order chi connectivity index (χ0) is 11.4. The molecule has 4 heteroatoms. The molecule has 4 nitrogen and oxygen atoms in total. The van der Waals surface area contributed by atoms with E-state index in [1.54, 1.807) is 0 Å². The lowest BCUT2D eigenvalue weighted by Gasteiger charge is -2.30. The van der Waals surface area contributed by atoms with Crippen LogP contribution in [0.25, 0.3) is 0 Å². The third-order valence-corrected chi connectivity index (χ3v) is 2.70. The molecular weight excluding hydrogens is 182 g/mol. The van der Waals surface area contributed by atoms with Crippen LogP contribution in [-0.2, 0) is 4.79 Å². The highest BCUT2D eigenvalue weighted by Crippen LogP contribution is 2.19. The molecule has 0 heterocycles. The second-order valence-corrected chi connectivity index (χ2v) is 4.67. The fourth-order valence-electron chi connectivity index (χ4n) is 0.759. The Balaban J connectivity index is 4.29. The maximum Gasteiger partial charge on any atom is 0.326 e. The summed E-state index contributed by atoms with van der Waals surface area (Å²) in [6, 6.07) is 0. The number of carbonyl (C=O) groups is 1. The number of hydrogen-bond donors (Lipinski definition) is 3. The number of nitrogens with one attached hydrogen (secondary N) is 1. The summed E-state index contributed by atoms with van der Waals surface area (Å²) in [7, 11) is 0. The van der Waals surface area contributed by atoms with Gasteiger partial charge in [0.2, 0.25) is 0 Å². The van der Waals surface area contributed by atoms with Gasteiger partial charge in [-0.2, -0.15) is 0 Å². The highest BCUT2D eigenvalue weighted by molar-refractivity contribution is 5.78. The Hall–Kier alpha value is -0.610. The van der Waals surface area contributed by atoms with Crippen molar-refractivity contribution in [2.75, 3.05) is 13.2 Å². The fourth-order valence-corrected chi connectivity index (χ4v) is 0.759. The quantitative estimate of drug-likeness (QED) is 0.598. The van der Waals surface area contributed by atoms with Gasteiger partial charge in [-0.3, -0.25) is 10.1 Å². The Bertz CT molecular complexity index is 204. The monoisotopic (exact) mass is 203 g/mol. The Kier molecular flexibility index (Phi) is 4.55. The van der Waals surface area contributed by atoms with Crippen LogP contribution in [0.15, 0.2) is 0 Å². The molecule has 14 heavy (non-hydrogen) atoms. The molecule has 0 aromatic rings. The summed E-state index contributed by atoms with van der Waals surface area (Å²) in [5.74, 6) is -1.02. The van der Waals surface area contributed by atoms with E-state index >= 15 is 0 Å². The Morgan fingerprint density at radius 2 is 1.86 bits per heavy atom. The summed E-state index contributed by atoms with van der Waals surface area (Å²) >= 11 is 0. The summed E-state index contributed by atoms with van der Waals surface area (Å²) in [5, 5.41) is 20.7. The van der Waals surface area contributed by atoms with Crippen LogP contribution in [0.1, 0.15) is 34.1 Å². The van der Waals surface area contributed by atoms with Crippen molar-refractivity contribution in [1.29, 1.82) is 0 Å². The molecule has 1 atom stereocenters. The lowest BCUT2D eigenvalue weighted by molar-refractivity contribution is -0.146. The van der Waals surface area contributed by atoms with Crippen molar-refractivity contribution < 1.29 is 15.0 Å². The molecule has 0 aliphatic carbocycles. The number of aliphatic carboxylic acids is 1. The number of aliphatic hydroxyl groups is 1. The Morgan fingerprint density at radius 3 is 2.14 bits per heavy atom. The van der Waals surface area contributed by atoms with E-state index in [4.69, 9.17) is 10.2 Å². The molecule has 0 amide bonds. The van der Waals surface area contributed by atoms with Gasteiger partial charge in [0.05, 0.1) is 6.61 Å². The van der Waals surface area contributed by atoms with Crippen molar-refractivity contribution in [2.24, 2.45) is 5.41 Å². The first kappa shape index (κ1) is 13.4. The van der Waals surface area contributed by atoms with E-state index in [0.29, 0.717) is 6.54 Å². The maximum atomic E-state index is 10.8. The summed E-state index contributed by atoms with van der Waals surface area (Å²) in [6.45, 7) is 7.83. The number of carboxylic acid groups (broad SMARTS) is 1. The molecule has 0 aromatic carbocycles. The number of carboxylic acids is 1. The molecule has 0 aliphatic rings. The first-order valence-corrected chi connectivity index (χ1v) is 4.87. The van der Waals surface area contributed by atoms with Gasteiger partial charge < -0.3 is 10.2 Å². The Morgan fingerprint density at radius 1 is 1.36 bits per heavy atom. The standard InChI is InChI=1S/C10H21NO3/c1-5-9(2,3)6-11-10(4,7-12)8(13)14/h11-12H,5-7H2,1-4H3,(H,13,14)/t10-/m0/s1. The van der Waals surface area contributed by atoms with Gasteiger partial charge in [-0.1, -0.05) is 20.8 Å². The van der Waals surface area contributed by atoms with Gasteiger partial charge in [0.15, 0.2) is 0 Å². The predicted octanol–water partition coefficient (Wildman–Crippen LogP) is 0.848. The third-order valence-electron chi connectivity index (χ3n) is 2.70. The lowest BCUT2D eigenvalue weighted by atomic mass is 9.89. The molecule has 0 saturated carbocycles. The van der Waals surface area contributed by atoms with Crippen molar-refractivity contribution in [3.8, 4) is 0 Å². The smallest absolute Gasteiger partial charge is 0.326 e. The first-order valence-electron chi connectivity index (χ1n) is 4.87. The molecule has 3 N–H and O–H groups in total. The molecule has 0 bridgehead atoms. The average Bonchev–Trinajstić information content (AvgIpc) is 2.14. The molecule has 0 saturated heterocycles. The number of rotatable bonds is 6. The van der Waals surface area contributed by atoms with Gasteiger partial charge >= 0.3 is 5.97 Å². The van der Waals surface area contributed by atoms with Crippen LogP contribution < -0.4 is 5.32 Å². The molecule has 84 valence electrons. The van der Waals surface area contributed by atoms with Crippen LogP contribution in [0.3, 0.4) is 0 Å².